The third-order valence-corrected chi connectivity index (χ3v) is 2.97. The van der Waals surface area contributed by atoms with Gasteiger partial charge in [-0.3, -0.25) is 4.79 Å². The monoisotopic (exact) mass is 214 g/mol. The lowest BCUT2D eigenvalue weighted by Gasteiger charge is -2.26. The van der Waals surface area contributed by atoms with Crippen LogP contribution in [0, 0.1) is 5.41 Å². The molecular weight excluding hydrogens is 192 g/mol. The van der Waals surface area contributed by atoms with Crippen LogP contribution in [0.3, 0.4) is 0 Å². The molecule has 0 spiro atoms. The fraction of sp³-hybridized carbons (Fsp3) is 0.909. The molecule has 4 nitrogen and oxygen atoms in total. The summed E-state index contributed by atoms with van der Waals surface area (Å²) >= 11 is 0. The molecule has 2 N–H and O–H groups in total. The first-order chi connectivity index (χ1) is 6.97. The molecule has 0 bridgehead atoms. The van der Waals surface area contributed by atoms with Gasteiger partial charge in [0.25, 0.3) is 0 Å². The highest BCUT2D eigenvalue weighted by molar-refractivity contribution is 5.83. The van der Waals surface area contributed by atoms with Gasteiger partial charge >= 0.3 is 0 Å². The largest absolute Gasteiger partial charge is 0.383 e. The van der Waals surface area contributed by atoms with Crippen LogP contribution in [0.15, 0.2) is 0 Å². The molecule has 2 atom stereocenters. The second-order valence-corrected chi connectivity index (χ2v) is 4.99. The normalized spacial score (nSPS) is 26.3. The van der Waals surface area contributed by atoms with Gasteiger partial charge in [0.2, 0.25) is 5.91 Å². The van der Waals surface area contributed by atoms with E-state index in [0.29, 0.717) is 6.61 Å². The minimum absolute atomic E-state index is 0.0525. The molecule has 0 saturated carbocycles. The number of carbonyl (C=O) groups is 1. The number of hydrogen-bond acceptors (Lipinski definition) is 3. The van der Waals surface area contributed by atoms with Gasteiger partial charge in [-0.2, -0.15) is 0 Å². The molecule has 0 aliphatic carbocycles. The van der Waals surface area contributed by atoms with Crippen LogP contribution in [0.4, 0.5) is 0 Å². The summed E-state index contributed by atoms with van der Waals surface area (Å²) in [5, 5.41) is 6.19. The van der Waals surface area contributed by atoms with Crippen molar-refractivity contribution in [2.45, 2.75) is 39.3 Å². The molecule has 15 heavy (non-hydrogen) atoms. The molecule has 0 aromatic carbocycles. The number of carbonyl (C=O) groups excluding carboxylic acids is 1. The van der Waals surface area contributed by atoms with Crippen molar-refractivity contribution in [3.05, 3.63) is 0 Å². The molecule has 1 amide bonds. The van der Waals surface area contributed by atoms with Gasteiger partial charge in [-0.25, -0.2) is 0 Å². The molecule has 1 rings (SSSR count). The summed E-state index contributed by atoms with van der Waals surface area (Å²) in [4.78, 5) is 11.9. The average molecular weight is 214 g/mol. The number of nitrogens with one attached hydrogen (secondary N) is 2. The molecule has 1 saturated heterocycles. The van der Waals surface area contributed by atoms with E-state index in [1.165, 1.54) is 0 Å². The van der Waals surface area contributed by atoms with Crippen molar-refractivity contribution in [3.63, 3.8) is 0 Å². The first-order valence-electron chi connectivity index (χ1n) is 5.50. The van der Waals surface area contributed by atoms with Gasteiger partial charge in [0.1, 0.15) is 0 Å². The lowest BCUT2D eigenvalue weighted by molar-refractivity contribution is -0.125. The smallest absolute Gasteiger partial charge is 0.237 e. The first kappa shape index (κ1) is 12.5. The Kier molecular flexibility index (Phi) is 4.11. The molecule has 0 radical (unpaired) electrons. The van der Waals surface area contributed by atoms with Crippen molar-refractivity contribution >= 4 is 5.91 Å². The van der Waals surface area contributed by atoms with Crippen LogP contribution in [0.5, 0.6) is 0 Å². The van der Waals surface area contributed by atoms with Crippen molar-refractivity contribution in [3.8, 4) is 0 Å². The second kappa shape index (κ2) is 4.94. The maximum absolute atomic E-state index is 11.9. The zero-order valence-electron chi connectivity index (χ0n) is 10.1. The fourth-order valence-electron chi connectivity index (χ4n) is 2.02. The summed E-state index contributed by atoms with van der Waals surface area (Å²) in [5.41, 5.74) is 0.0525. The van der Waals surface area contributed by atoms with Crippen LogP contribution in [0.25, 0.3) is 0 Å². The molecule has 1 fully saturated rings. The third-order valence-electron chi connectivity index (χ3n) is 2.97. The van der Waals surface area contributed by atoms with Gasteiger partial charge in [-0.15, -0.1) is 0 Å². The Labute approximate surface area is 91.8 Å². The molecule has 1 unspecified atom stereocenters. The molecule has 1 aliphatic heterocycles. The number of rotatable bonds is 4. The molecule has 0 aromatic heterocycles. The van der Waals surface area contributed by atoms with Crippen LogP contribution < -0.4 is 10.6 Å². The van der Waals surface area contributed by atoms with E-state index < -0.39 is 0 Å². The van der Waals surface area contributed by atoms with Crippen molar-refractivity contribution in [1.29, 1.82) is 0 Å². The standard InChI is InChI=1S/C11H22N2O2/c1-8(7-15-4)13-10(14)9-11(2,3)5-6-12-9/h8-9,12H,5-7H2,1-4H3,(H,13,14)/t8-,9?/m0/s1. The summed E-state index contributed by atoms with van der Waals surface area (Å²) in [5.74, 6) is 0.0852. The summed E-state index contributed by atoms with van der Waals surface area (Å²) in [6, 6.07) is -0.00231. The Morgan fingerprint density at radius 1 is 1.67 bits per heavy atom. The van der Waals surface area contributed by atoms with Crippen LogP contribution in [-0.4, -0.2) is 38.3 Å². The second-order valence-electron chi connectivity index (χ2n) is 4.99. The molecular formula is C11H22N2O2. The quantitative estimate of drug-likeness (QED) is 0.717. The number of methoxy groups -OCH3 is 1. The van der Waals surface area contributed by atoms with E-state index in [-0.39, 0.29) is 23.4 Å². The Morgan fingerprint density at radius 2 is 2.33 bits per heavy atom. The summed E-state index contributed by atoms with van der Waals surface area (Å²) in [6.45, 7) is 7.67. The maximum Gasteiger partial charge on any atom is 0.237 e. The average Bonchev–Trinajstić information content (AvgIpc) is 2.45. The zero-order valence-corrected chi connectivity index (χ0v) is 10.1. The predicted octanol–water partition coefficient (Wildman–Crippen LogP) is 0.526. The van der Waals surface area contributed by atoms with Gasteiger partial charge in [0, 0.05) is 13.2 Å². The number of amides is 1. The zero-order chi connectivity index (χ0) is 11.5. The van der Waals surface area contributed by atoms with Gasteiger partial charge in [-0.1, -0.05) is 13.8 Å². The van der Waals surface area contributed by atoms with Crippen molar-refractivity contribution < 1.29 is 9.53 Å². The van der Waals surface area contributed by atoms with Gasteiger partial charge in [-0.05, 0) is 25.3 Å². The van der Waals surface area contributed by atoms with Crippen molar-refractivity contribution in [1.82, 2.24) is 10.6 Å². The van der Waals surface area contributed by atoms with E-state index in [1.54, 1.807) is 7.11 Å². The molecule has 0 aromatic rings. The van der Waals surface area contributed by atoms with Crippen LogP contribution in [0.2, 0.25) is 0 Å². The summed E-state index contributed by atoms with van der Waals surface area (Å²) < 4.78 is 4.98. The minimum Gasteiger partial charge on any atom is -0.383 e. The van der Waals surface area contributed by atoms with E-state index >= 15 is 0 Å². The molecule has 88 valence electrons. The van der Waals surface area contributed by atoms with E-state index in [4.69, 9.17) is 4.74 Å². The Morgan fingerprint density at radius 3 is 2.80 bits per heavy atom. The Bertz CT molecular complexity index is 229. The van der Waals surface area contributed by atoms with Crippen LogP contribution in [-0.2, 0) is 9.53 Å². The van der Waals surface area contributed by atoms with Gasteiger partial charge in [0.15, 0.2) is 0 Å². The van der Waals surface area contributed by atoms with Crippen molar-refractivity contribution in [2.24, 2.45) is 5.41 Å². The highest BCUT2D eigenvalue weighted by atomic mass is 16.5. The Balaban J connectivity index is 2.46. The SMILES string of the molecule is COC[C@H](C)NC(=O)C1NCCC1(C)C. The van der Waals surface area contributed by atoms with Crippen molar-refractivity contribution in [2.75, 3.05) is 20.3 Å². The number of ether oxygens (including phenoxy) is 1. The van der Waals surface area contributed by atoms with Crippen LogP contribution >= 0.6 is 0 Å². The molecule has 1 aliphatic rings. The third kappa shape index (κ3) is 3.18. The topological polar surface area (TPSA) is 50.4 Å². The lowest BCUT2D eigenvalue weighted by atomic mass is 9.84. The maximum atomic E-state index is 11.9. The van der Waals surface area contributed by atoms with Gasteiger partial charge < -0.3 is 15.4 Å². The fourth-order valence-corrected chi connectivity index (χ4v) is 2.02. The lowest BCUT2D eigenvalue weighted by Crippen LogP contribution is -2.50. The highest BCUT2D eigenvalue weighted by Gasteiger charge is 2.39. The van der Waals surface area contributed by atoms with E-state index in [1.807, 2.05) is 6.92 Å². The van der Waals surface area contributed by atoms with E-state index in [9.17, 15) is 4.79 Å². The van der Waals surface area contributed by atoms with Crippen LogP contribution in [0.1, 0.15) is 27.2 Å². The predicted molar refractivity (Wildman–Crippen MR) is 59.7 cm³/mol. The van der Waals surface area contributed by atoms with E-state index in [2.05, 4.69) is 24.5 Å². The van der Waals surface area contributed by atoms with Gasteiger partial charge in [0.05, 0.1) is 12.6 Å². The Hall–Kier alpha value is -0.610. The molecule has 1 heterocycles. The minimum atomic E-state index is -0.0724. The first-order valence-corrected chi connectivity index (χ1v) is 5.50. The highest BCUT2D eigenvalue weighted by Crippen LogP contribution is 2.29. The van der Waals surface area contributed by atoms with E-state index in [0.717, 1.165) is 13.0 Å². The summed E-state index contributed by atoms with van der Waals surface area (Å²) in [6.07, 6.45) is 1.05. The summed E-state index contributed by atoms with van der Waals surface area (Å²) in [7, 11) is 1.64. The molecule has 4 heteroatoms. The number of hydrogen-bond donors (Lipinski definition) is 2.